The molecule has 0 bridgehead atoms. The molecule has 2 rings (SSSR count). The van der Waals surface area contributed by atoms with Crippen LogP contribution in [0.4, 0.5) is 13.2 Å². The third-order valence-electron chi connectivity index (χ3n) is 4.05. The molecule has 0 spiro atoms. The first-order chi connectivity index (χ1) is 11.4. The lowest BCUT2D eigenvalue weighted by molar-refractivity contribution is -0.153. The summed E-state index contributed by atoms with van der Waals surface area (Å²) in [6, 6.07) is 6.67. The van der Waals surface area contributed by atoms with Crippen LogP contribution in [0.2, 0.25) is 0 Å². The fourth-order valence-corrected chi connectivity index (χ4v) is 2.64. The van der Waals surface area contributed by atoms with Gasteiger partial charge in [-0.2, -0.15) is 13.2 Å². The number of likely N-dealkylation sites (tertiary alicyclic amines) is 1. The maximum absolute atomic E-state index is 12.2. The van der Waals surface area contributed by atoms with Crippen LogP contribution in [0.1, 0.15) is 25.3 Å². The van der Waals surface area contributed by atoms with Crippen molar-refractivity contribution >= 4 is 5.96 Å². The van der Waals surface area contributed by atoms with Gasteiger partial charge in [-0.25, -0.2) is 0 Å². The number of ether oxygens (including phenoxy) is 1. The molecule has 1 aromatic carbocycles. The van der Waals surface area contributed by atoms with E-state index >= 15 is 0 Å². The summed E-state index contributed by atoms with van der Waals surface area (Å²) in [4.78, 5) is 6.51. The number of hydrogen-bond acceptors (Lipinski definition) is 2. The molecule has 1 N–H and O–H groups in total. The first kappa shape index (κ1) is 18.4. The Kier molecular flexibility index (Phi) is 6.34. The van der Waals surface area contributed by atoms with Crippen LogP contribution in [0.25, 0.3) is 0 Å². The summed E-state index contributed by atoms with van der Waals surface area (Å²) in [6.45, 7) is 3.39. The molecule has 1 heterocycles. The molecule has 0 amide bonds. The van der Waals surface area contributed by atoms with Gasteiger partial charge < -0.3 is 15.0 Å². The number of rotatable bonds is 4. The SMILES string of the molecule is CN=C(NCc1cccc(OCC(F)(F)F)c1)N1CCC(C)CC1. The lowest BCUT2D eigenvalue weighted by atomic mass is 10.00. The molecule has 1 aliphatic heterocycles. The normalized spacial score (nSPS) is 17.0. The second-order valence-corrected chi connectivity index (χ2v) is 6.12. The Bertz CT molecular complexity index is 552. The quantitative estimate of drug-likeness (QED) is 0.672. The van der Waals surface area contributed by atoms with E-state index in [9.17, 15) is 13.2 Å². The Labute approximate surface area is 140 Å². The predicted molar refractivity (Wildman–Crippen MR) is 88.2 cm³/mol. The summed E-state index contributed by atoms with van der Waals surface area (Å²) in [7, 11) is 1.74. The van der Waals surface area contributed by atoms with Crippen molar-refractivity contribution in [2.45, 2.75) is 32.5 Å². The van der Waals surface area contributed by atoms with Gasteiger partial charge in [0.05, 0.1) is 0 Å². The standard InChI is InChI=1S/C17H24F3N3O/c1-13-6-8-23(9-7-13)16(21-2)22-11-14-4-3-5-15(10-14)24-12-17(18,19)20/h3-5,10,13H,6-9,11-12H2,1-2H3,(H,21,22). The van der Waals surface area contributed by atoms with Gasteiger partial charge in [-0.05, 0) is 36.5 Å². The van der Waals surface area contributed by atoms with Gasteiger partial charge in [-0.1, -0.05) is 19.1 Å². The monoisotopic (exact) mass is 343 g/mol. The second-order valence-electron chi connectivity index (χ2n) is 6.12. The van der Waals surface area contributed by atoms with Crippen molar-refractivity contribution in [1.82, 2.24) is 10.2 Å². The van der Waals surface area contributed by atoms with Gasteiger partial charge in [-0.15, -0.1) is 0 Å². The van der Waals surface area contributed by atoms with Crippen molar-refractivity contribution in [2.24, 2.45) is 10.9 Å². The number of alkyl halides is 3. The van der Waals surface area contributed by atoms with Crippen molar-refractivity contribution in [1.29, 1.82) is 0 Å². The zero-order valence-corrected chi connectivity index (χ0v) is 14.1. The second kappa shape index (κ2) is 8.26. The van der Waals surface area contributed by atoms with E-state index in [2.05, 4.69) is 22.1 Å². The zero-order chi connectivity index (χ0) is 17.6. The first-order valence-electron chi connectivity index (χ1n) is 8.11. The van der Waals surface area contributed by atoms with Crippen LogP contribution in [-0.4, -0.2) is 43.8 Å². The van der Waals surface area contributed by atoms with Gasteiger partial charge in [0, 0.05) is 26.7 Å². The lowest BCUT2D eigenvalue weighted by Crippen LogP contribution is -2.45. The molecule has 1 aromatic rings. The van der Waals surface area contributed by atoms with E-state index in [4.69, 9.17) is 4.74 Å². The molecule has 1 fully saturated rings. The molecule has 1 saturated heterocycles. The maximum Gasteiger partial charge on any atom is 0.422 e. The molecule has 24 heavy (non-hydrogen) atoms. The number of halogens is 3. The van der Waals surface area contributed by atoms with E-state index in [0.717, 1.165) is 43.4 Å². The summed E-state index contributed by atoms with van der Waals surface area (Å²) >= 11 is 0. The van der Waals surface area contributed by atoms with Crippen LogP contribution in [-0.2, 0) is 6.54 Å². The van der Waals surface area contributed by atoms with Gasteiger partial charge in [0.25, 0.3) is 0 Å². The summed E-state index contributed by atoms with van der Waals surface area (Å²) in [5, 5.41) is 3.27. The third-order valence-corrected chi connectivity index (χ3v) is 4.05. The van der Waals surface area contributed by atoms with Gasteiger partial charge in [0.15, 0.2) is 12.6 Å². The number of benzene rings is 1. The average Bonchev–Trinajstić information content (AvgIpc) is 2.55. The maximum atomic E-state index is 12.2. The summed E-state index contributed by atoms with van der Waals surface area (Å²) < 4.78 is 41.4. The van der Waals surface area contributed by atoms with Crippen molar-refractivity contribution < 1.29 is 17.9 Å². The molecule has 4 nitrogen and oxygen atoms in total. The molecular weight excluding hydrogens is 319 g/mol. The molecule has 0 saturated carbocycles. The van der Waals surface area contributed by atoms with Crippen molar-refractivity contribution in [3.8, 4) is 5.75 Å². The molecule has 0 radical (unpaired) electrons. The lowest BCUT2D eigenvalue weighted by Gasteiger charge is -2.32. The minimum absolute atomic E-state index is 0.216. The van der Waals surface area contributed by atoms with E-state index in [-0.39, 0.29) is 5.75 Å². The summed E-state index contributed by atoms with van der Waals surface area (Å²) in [6.07, 6.45) is -2.05. The fourth-order valence-electron chi connectivity index (χ4n) is 2.64. The van der Waals surface area contributed by atoms with E-state index in [1.165, 1.54) is 6.07 Å². The molecule has 0 aliphatic carbocycles. The van der Waals surface area contributed by atoms with Crippen LogP contribution in [0.15, 0.2) is 29.3 Å². The Morgan fingerprint density at radius 1 is 1.33 bits per heavy atom. The third kappa shape index (κ3) is 5.94. The summed E-state index contributed by atoms with van der Waals surface area (Å²) in [5.41, 5.74) is 0.848. The number of guanidine groups is 1. The van der Waals surface area contributed by atoms with Crippen LogP contribution in [0.5, 0.6) is 5.75 Å². The van der Waals surface area contributed by atoms with Crippen molar-refractivity contribution in [3.05, 3.63) is 29.8 Å². The number of aliphatic imine (C=N–C) groups is 1. The topological polar surface area (TPSA) is 36.9 Å². The fraction of sp³-hybridized carbons (Fsp3) is 0.588. The minimum Gasteiger partial charge on any atom is -0.484 e. The predicted octanol–water partition coefficient (Wildman–Crippen LogP) is 3.44. The van der Waals surface area contributed by atoms with Gasteiger partial charge in [-0.3, -0.25) is 4.99 Å². The van der Waals surface area contributed by atoms with Crippen LogP contribution < -0.4 is 10.1 Å². The Morgan fingerprint density at radius 3 is 2.67 bits per heavy atom. The molecule has 134 valence electrons. The Hall–Kier alpha value is -1.92. The highest BCUT2D eigenvalue weighted by atomic mass is 19.4. The Balaban J connectivity index is 1.88. The smallest absolute Gasteiger partial charge is 0.422 e. The largest absolute Gasteiger partial charge is 0.484 e. The zero-order valence-electron chi connectivity index (χ0n) is 14.1. The highest BCUT2D eigenvalue weighted by Crippen LogP contribution is 2.20. The number of nitrogens with one attached hydrogen (secondary N) is 1. The highest BCUT2D eigenvalue weighted by Gasteiger charge is 2.28. The molecular formula is C17H24F3N3O. The molecule has 0 unspecified atom stereocenters. The van der Waals surface area contributed by atoms with Crippen LogP contribution in [0.3, 0.4) is 0 Å². The molecule has 7 heteroatoms. The summed E-state index contributed by atoms with van der Waals surface area (Å²) in [5.74, 6) is 1.78. The number of nitrogens with zero attached hydrogens (tertiary/aromatic N) is 2. The van der Waals surface area contributed by atoms with E-state index in [1.807, 2.05) is 6.07 Å². The first-order valence-corrected chi connectivity index (χ1v) is 8.11. The Morgan fingerprint density at radius 2 is 2.04 bits per heavy atom. The van der Waals surface area contributed by atoms with Crippen LogP contribution in [0, 0.1) is 5.92 Å². The minimum atomic E-state index is -4.33. The van der Waals surface area contributed by atoms with Crippen molar-refractivity contribution in [3.63, 3.8) is 0 Å². The van der Waals surface area contributed by atoms with Gasteiger partial charge in [0.2, 0.25) is 0 Å². The highest BCUT2D eigenvalue weighted by molar-refractivity contribution is 5.79. The van der Waals surface area contributed by atoms with E-state index in [1.54, 1.807) is 19.2 Å². The number of piperidine rings is 1. The molecule has 0 aromatic heterocycles. The van der Waals surface area contributed by atoms with Crippen molar-refractivity contribution in [2.75, 3.05) is 26.7 Å². The van der Waals surface area contributed by atoms with E-state index in [0.29, 0.717) is 6.54 Å². The molecule has 1 aliphatic rings. The van der Waals surface area contributed by atoms with Crippen LogP contribution >= 0.6 is 0 Å². The molecule has 0 atom stereocenters. The van der Waals surface area contributed by atoms with Gasteiger partial charge >= 0.3 is 6.18 Å². The number of hydrogen-bond donors (Lipinski definition) is 1. The average molecular weight is 343 g/mol. The van der Waals surface area contributed by atoms with E-state index < -0.39 is 12.8 Å². The van der Waals surface area contributed by atoms with Gasteiger partial charge in [0.1, 0.15) is 5.75 Å².